The molecule has 0 aliphatic heterocycles. The van der Waals surface area contributed by atoms with Gasteiger partial charge in [-0.25, -0.2) is 4.98 Å². The van der Waals surface area contributed by atoms with Gasteiger partial charge in [0.15, 0.2) is 11.5 Å². The molecule has 0 spiro atoms. The maximum Gasteiger partial charge on any atom is 0.203 e. The molecule has 30 heavy (non-hydrogen) atoms. The fourth-order valence-electron chi connectivity index (χ4n) is 3.38. The number of nitrogens with zero attached hydrogens (tertiary/aromatic N) is 3. The Balaban J connectivity index is 1.74. The molecular weight excluding hydrogens is 404 g/mol. The van der Waals surface area contributed by atoms with Gasteiger partial charge in [0, 0.05) is 11.3 Å². The molecule has 2 aromatic carbocycles. The number of ether oxygens (including phenoxy) is 3. The first-order valence-electron chi connectivity index (χ1n) is 9.22. The van der Waals surface area contributed by atoms with Crippen LogP contribution in [0.15, 0.2) is 48.8 Å². The van der Waals surface area contributed by atoms with E-state index in [1.807, 2.05) is 54.0 Å². The van der Waals surface area contributed by atoms with Crippen LogP contribution in [-0.2, 0) is 0 Å². The zero-order valence-corrected chi connectivity index (χ0v) is 17.8. The van der Waals surface area contributed by atoms with E-state index in [1.54, 1.807) is 27.7 Å². The number of aromatic nitrogens is 4. The van der Waals surface area contributed by atoms with Gasteiger partial charge in [0.2, 0.25) is 5.75 Å². The Morgan fingerprint density at radius 1 is 0.967 bits per heavy atom. The Kier molecular flexibility index (Phi) is 5.37. The lowest BCUT2D eigenvalue weighted by atomic mass is 10.1. The molecule has 4 rings (SSSR count). The summed E-state index contributed by atoms with van der Waals surface area (Å²) in [7, 11) is 4.74. The number of para-hydroxylation sites is 1. The van der Waals surface area contributed by atoms with Gasteiger partial charge in [-0.1, -0.05) is 23.7 Å². The van der Waals surface area contributed by atoms with Crippen molar-refractivity contribution in [1.29, 1.82) is 0 Å². The Bertz CT molecular complexity index is 1170. The van der Waals surface area contributed by atoms with E-state index < -0.39 is 0 Å². The topological polar surface area (TPSA) is 74.2 Å². The zero-order chi connectivity index (χ0) is 21.3. The lowest BCUT2D eigenvalue weighted by Crippen LogP contribution is -1.96. The molecule has 2 aromatic heterocycles. The summed E-state index contributed by atoms with van der Waals surface area (Å²) in [6.45, 7) is 1.99. The van der Waals surface area contributed by atoms with Crippen molar-refractivity contribution in [2.45, 2.75) is 6.92 Å². The smallest absolute Gasteiger partial charge is 0.203 e. The molecule has 0 unspecified atom stereocenters. The van der Waals surface area contributed by atoms with Gasteiger partial charge in [0.1, 0.15) is 12.0 Å². The standard InChI is InChI=1S/C22H21ClN4O3/c1-13-21(24-12-27(13)18-8-6-5-7-15(18)23)17-11-16(25-26-17)14-9-19(28-2)22(30-4)20(10-14)29-3/h5-12H,1-4H3,(H,25,26). The SMILES string of the molecule is COc1cc(-c2cc(-c3ncn(-c4ccccc4Cl)c3C)[nH]n2)cc(OC)c1OC. The van der Waals surface area contributed by atoms with Crippen LogP contribution in [0.3, 0.4) is 0 Å². The molecule has 0 bridgehead atoms. The summed E-state index contributed by atoms with van der Waals surface area (Å²) in [5.74, 6) is 1.67. The van der Waals surface area contributed by atoms with Crippen molar-refractivity contribution in [1.82, 2.24) is 19.7 Å². The van der Waals surface area contributed by atoms with Gasteiger partial charge in [-0.15, -0.1) is 0 Å². The highest BCUT2D eigenvalue weighted by atomic mass is 35.5. The van der Waals surface area contributed by atoms with Gasteiger partial charge in [-0.3, -0.25) is 5.10 Å². The number of benzene rings is 2. The summed E-state index contributed by atoms with van der Waals surface area (Å²) in [5.41, 5.74) is 4.97. The highest BCUT2D eigenvalue weighted by Gasteiger charge is 2.18. The third-order valence-electron chi connectivity index (χ3n) is 4.91. The van der Waals surface area contributed by atoms with Crippen LogP contribution < -0.4 is 14.2 Å². The van der Waals surface area contributed by atoms with E-state index in [-0.39, 0.29) is 0 Å². The number of aromatic amines is 1. The molecule has 1 N–H and O–H groups in total. The van der Waals surface area contributed by atoms with Crippen LogP contribution >= 0.6 is 11.6 Å². The minimum absolute atomic E-state index is 0.536. The molecule has 0 atom stereocenters. The average molecular weight is 425 g/mol. The average Bonchev–Trinajstić information content (AvgIpc) is 3.40. The number of imidazole rings is 1. The van der Waals surface area contributed by atoms with Crippen LogP contribution in [-0.4, -0.2) is 41.1 Å². The normalized spacial score (nSPS) is 10.8. The van der Waals surface area contributed by atoms with Crippen LogP contribution in [0, 0.1) is 6.92 Å². The monoisotopic (exact) mass is 424 g/mol. The van der Waals surface area contributed by atoms with Gasteiger partial charge in [0.25, 0.3) is 0 Å². The van der Waals surface area contributed by atoms with E-state index in [0.717, 1.165) is 34.0 Å². The van der Waals surface area contributed by atoms with Crippen LogP contribution in [0.25, 0.3) is 28.3 Å². The fraction of sp³-hybridized carbons (Fsp3) is 0.182. The second-order valence-electron chi connectivity index (χ2n) is 6.58. The van der Waals surface area contributed by atoms with Crippen LogP contribution in [0.2, 0.25) is 5.02 Å². The molecule has 7 nitrogen and oxygen atoms in total. The van der Waals surface area contributed by atoms with Crippen LogP contribution in [0.5, 0.6) is 17.2 Å². The molecule has 154 valence electrons. The fourth-order valence-corrected chi connectivity index (χ4v) is 3.61. The quantitative estimate of drug-likeness (QED) is 0.475. The van der Waals surface area contributed by atoms with Crippen molar-refractivity contribution in [2.75, 3.05) is 21.3 Å². The van der Waals surface area contributed by atoms with Crippen LogP contribution in [0.1, 0.15) is 5.69 Å². The van der Waals surface area contributed by atoms with E-state index in [4.69, 9.17) is 25.8 Å². The van der Waals surface area contributed by atoms with Crippen molar-refractivity contribution >= 4 is 11.6 Å². The van der Waals surface area contributed by atoms with E-state index in [0.29, 0.717) is 22.3 Å². The summed E-state index contributed by atoms with van der Waals surface area (Å²) in [6, 6.07) is 13.3. The second kappa shape index (κ2) is 8.12. The molecule has 8 heteroatoms. The number of hydrogen-bond donors (Lipinski definition) is 1. The molecule has 2 heterocycles. The number of hydrogen-bond acceptors (Lipinski definition) is 5. The van der Waals surface area contributed by atoms with Crippen LogP contribution in [0.4, 0.5) is 0 Å². The van der Waals surface area contributed by atoms with Crippen molar-refractivity contribution < 1.29 is 14.2 Å². The zero-order valence-electron chi connectivity index (χ0n) is 17.1. The predicted molar refractivity (Wildman–Crippen MR) is 116 cm³/mol. The first-order valence-corrected chi connectivity index (χ1v) is 9.60. The first kappa shape index (κ1) is 19.8. The van der Waals surface area contributed by atoms with Crippen molar-refractivity contribution in [3.05, 3.63) is 59.5 Å². The van der Waals surface area contributed by atoms with Crippen molar-refractivity contribution in [2.24, 2.45) is 0 Å². The molecule has 4 aromatic rings. The predicted octanol–water partition coefficient (Wildman–Crippen LogP) is 4.92. The molecular formula is C22H21ClN4O3. The molecule has 0 aliphatic rings. The second-order valence-corrected chi connectivity index (χ2v) is 6.99. The van der Waals surface area contributed by atoms with Gasteiger partial charge in [0.05, 0.1) is 43.4 Å². The number of methoxy groups -OCH3 is 3. The Labute approximate surface area is 179 Å². The molecule has 0 saturated heterocycles. The number of halogens is 1. The van der Waals surface area contributed by atoms with Gasteiger partial charge in [-0.05, 0) is 37.3 Å². The summed E-state index contributed by atoms with van der Waals surface area (Å²) in [4.78, 5) is 4.57. The number of rotatable bonds is 6. The van der Waals surface area contributed by atoms with Crippen molar-refractivity contribution in [3.63, 3.8) is 0 Å². The molecule has 0 amide bonds. The Morgan fingerprint density at radius 2 is 1.67 bits per heavy atom. The Morgan fingerprint density at radius 3 is 2.30 bits per heavy atom. The third kappa shape index (κ3) is 3.37. The van der Waals surface area contributed by atoms with E-state index in [9.17, 15) is 0 Å². The summed E-state index contributed by atoms with van der Waals surface area (Å²) >= 11 is 6.35. The lowest BCUT2D eigenvalue weighted by Gasteiger charge is -2.13. The highest BCUT2D eigenvalue weighted by Crippen LogP contribution is 2.41. The molecule has 0 radical (unpaired) electrons. The molecule has 0 saturated carbocycles. The molecule has 0 aliphatic carbocycles. The molecule has 0 fully saturated rings. The lowest BCUT2D eigenvalue weighted by molar-refractivity contribution is 0.324. The van der Waals surface area contributed by atoms with Gasteiger partial charge in [-0.2, -0.15) is 5.10 Å². The van der Waals surface area contributed by atoms with E-state index in [1.165, 1.54) is 0 Å². The summed E-state index contributed by atoms with van der Waals surface area (Å²) in [6.07, 6.45) is 1.76. The van der Waals surface area contributed by atoms with Crippen molar-refractivity contribution in [3.8, 4) is 45.6 Å². The van der Waals surface area contributed by atoms with Gasteiger partial charge < -0.3 is 18.8 Å². The largest absolute Gasteiger partial charge is 0.493 e. The maximum absolute atomic E-state index is 6.35. The highest BCUT2D eigenvalue weighted by molar-refractivity contribution is 6.32. The minimum Gasteiger partial charge on any atom is -0.493 e. The first-order chi connectivity index (χ1) is 14.6. The van der Waals surface area contributed by atoms with Gasteiger partial charge >= 0.3 is 0 Å². The Hall–Kier alpha value is -3.45. The number of nitrogens with one attached hydrogen (secondary N) is 1. The minimum atomic E-state index is 0.536. The van der Waals surface area contributed by atoms with E-state index >= 15 is 0 Å². The number of H-pyrrole nitrogens is 1. The third-order valence-corrected chi connectivity index (χ3v) is 5.23. The summed E-state index contributed by atoms with van der Waals surface area (Å²) in [5, 5.41) is 8.19. The van der Waals surface area contributed by atoms with E-state index in [2.05, 4.69) is 15.2 Å². The summed E-state index contributed by atoms with van der Waals surface area (Å²) < 4.78 is 18.2. The maximum atomic E-state index is 6.35.